The van der Waals surface area contributed by atoms with Crippen LogP contribution < -0.4 is 10.6 Å². The van der Waals surface area contributed by atoms with Crippen molar-refractivity contribution in [3.63, 3.8) is 0 Å². The first kappa shape index (κ1) is 18.2. The van der Waals surface area contributed by atoms with Gasteiger partial charge in [-0.05, 0) is 36.5 Å². The monoisotopic (exact) mass is 340 g/mol. The van der Waals surface area contributed by atoms with Crippen LogP contribution in [0.3, 0.4) is 0 Å². The summed E-state index contributed by atoms with van der Waals surface area (Å²) in [4.78, 5) is 12.1. The van der Waals surface area contributed by atoms with Crippen molar-refractivity contribution in [3.8, 4) is 0 Å². The number of hydrogen-bond donors (Lipinski definition) is 2. The normalized spacial score (nSPS) is 20.7. The molecule has 1 aromatic rings. The summed E-state index contributed by atoms with van der Waals surface area (Å²) >= 11 is 0. The lowest BCUT2D eigenvalue weighted by Gasteiger charge is -2.16. The second-order valence-electron chi connectivity index (χ2n) is 6.04. The fraction of sp³-hybridized carbons (Fsp3) is 0.588. The Morgan fingerprint density at radius 3 is 3.04 bits per heavy atom. The highest BCUT2D eigenvalue weighted by Crippen LogP contribution is 2.17. The molecule has 23 heavy (non-hydrogen) atoms. The van der Waals surface area contributed by atoms with Crippen LogP contribution in [0.15, 0.2) is 18.2 Å². The van der Waals surface area contributed by atoms with Crippen LogP contribution in [0.25, 0.3) is 0 Å². The summed E-state index contributed by atoms with van der Waals surface area (Å²) in [6.07, 6.45) is 1.82. The number of fused-ring (bicyclic) bond motifs is 1. The lowest BCUT2D eigenvalue weighted by Crippen LogP contribution is -2.35. The summed E-state index contributed by atoms with van der Waals surface area (Å²) in [6, 6.07) is 6.37. The molecular formula is C17H25ClN2O3. The van der Waals surface area contributed by atoms with Gasteiger partial charge in [0.15, 0.2) is 0 Å². The highest BCUT2D eigenvalue weighted by Gasteiger charge is 2.19. The highest BCUT2D eigenvalue weighted by molar-refractivity contribution is 5.85. The number of nitrogens with one attached hydrogen (secondary N) is 2. The van der Waals surface area contributed by atoms with Crippen LogP contribution in [0, 0.1) is 0 Å². The maximum atomic E-state index is 12.1. The van der Waals surface area contributed by atoms with Gasteiger partial charge in [0, 0.05) is 26.2 Å². The van der Waals surface area contributed by atoms with Crippen molar-refractivity contribution in [2.75, 3.05) is 13.2 Å². The zero-order valence-electron chi connectivity index (χ0n) is 13.5. The summed E-state index contributed by atoms with van der Waals surface area (Å²) in [5.41, 5.74) is 3.81. The molecule has 2 atom stereocenters. The number of ether oxygens (including phenoxy) is 2. The van der Waals surface area contributed by atoms with Gasteiger partial charge in [0.2, 0.25) is 5.91 Å². The van der Waals surface area contributed by atoms with Crippen LogP contribution in [0.1, 0.15) is 36.5 Å². The Morgan fingerprint density at radius 2 is 2.26 bits per heavy atom. The van der Waals surface area contributed by atoms with Crippen LogP contribution in [-0.2, 0) is 33.9 Å². The summed E-state index contributed by atoms with van der Waals surface area (Å²) in [6.45, 7) is 5.49. The molecule has 0 bridgehead atoms. The molecule has 2 N–H and O–H groups in total. The van der Waals surface area contributed by atoms with Gasteiger partial charge in [-0.25, -0.2) is 0 Å². The van der Waals surface area contributed by atoms with E-state index in [0.717, 1.165) is 38.1 Å². The standard InChI is InChI=1S/C17H24N2O3.ClH/c1-12(22-11-16-3-2-6-21-16)17(20)19-8-13-4-5-14-9-18-10-15(14)7-13;/h4-5,7,12,16,18H,2-3,6,8-11H2,1H3,(H,19,20);1H. The molecule has 0 aliphatic carbocycles. The number of amides is 1. The molecule has 0 saturated carbocycles. The van der Waals surface area contributed by atoms with E-state index in [0.29, 0.717) is 13.2 Å². The van der Waals surface area contributed by atoms with E-state index < -0.39 is 6.10 Å². The zero-order chi connectivity index (χ0) is 15.4. The number of hydrogen-bond acceptors (Lipinski definition) is 4. The first-order valence-electron chi connectivity index (χ1n) is 8.04. The highest BCUT2D eigenvalue weighted by atomic mass is 35.5. The second kappa shape index (κ2) is 8.64. The van der Waals surface area contributed by atoms with Gasteiger partial charge in [0.1, 0.15) is 6.10 Å². The molecule has 1 saturated heterocycles. The van der Waals surface area contributed by atoms with Crippen LogP contribution >= 0.6 is 12.4 Å². The van der Waals surface area contributed by atoms with Crippen LogP contribution in [0.5, 0.6) is 0 Å². The Labute approximate surface area is 143 Å². The summed E-state index contributed by atoms with van der Waals surface area (Å²) in [5, 5.41) is 6.26. The Morgan fingerprint density at radius 1 is 1.43 bits per heavy atom. The van der Waals surface area contributed by atoms with E-state index in [1.807, 2.05) is 0 Å². The molecular weight excluding hydrogens is 316 g/mol. The van der Waals surface area contributed by atoms with Crippen LogP contribution in [0.4, 0.5) is 0 Å². The molecule has 3 rings (SSSR count). The Kier molecular flexibility index (Phi) is 6.84. The third-order valence-corrected chi connectivity index (χ3v) is 4.29. The molecule has 2 aliphatic heterocycles. The lowest BCUT2D eigenvalue weighted by atomic mass is 10.1. The molecule has 2 unspecified atom stereocenters. The van der Waals surface area contributed by atoms with E-state index in [-0.39, 0.29) is 24.4 Å². The molecule has 1 fully saturated rings. The number of rotatable bonds is 6. The SMILES string of the molecule is CC(OCC1CCCO1)C(=O)NCc1ccc2c(c1)CNC2.Cl. The van der Waals surface area contributed by atoms with Crippen molar-refractivity contribution in [1.29, 1.82) is 0 Å². The Hall–Kier alpha value is -1.14. The molecule has 0 radical (unpaired) electrons. The Balaban J connectivity index is 0.00000192. The maximum Gasteiger partial charge on any atom is 0.249 e. The largest absolute Gasteiger partial charge is 0.376 e. The quantitative estimate of drug-likeness (QED) is 0.830. The van der Waals surface area contributed by atoms with Gasteiger partial charge in [0.05, 0.1) is 12.7 Å². The molecule has 0 aromatic heterocycles. The third-order valence-electron chi connectivity index (χ3n) is 4.29. The molecule has 2 heterocycles. The van der Waals surface area contributed by atoms with Crippen molar-refractivity contribution in [1.82, 2.24) is 10.6 Å². The second-order valence-corrected chi connectivity index (χ2v) is 6.04. The van der Waals surface area contributed by atoms with E-state index in [1.54, 1.807) is 6.92 Å². The van der Waals surface area contributed by atoms with Gasteiger partial charge in [-0.15, -0.1) is 12.4 Å². The van der Waals surface area contributed by atoms with E-state index in [4.69, 9.17) is 9.47 Å². The minimum atomic E-state index is -0.444. The van der Waals surface area contributed by atoms with Crippen molar-refractivity contribution in [2.45, 2.75) is 51.6 Å². The van der Waals surface area contributed by atoms with E-state index >= 15 is 0 Å². The minimum Gasteiger partial charge on any atom is -0.376 e. The van der Waals surface area contributed by atoms with E-state index in [9.17, 15) is 4.79 Å². The van der Waals surface area contributed by atoms with Crippen molar-refractivity contribution in [3.05, 3.63) is 34.9 Å². The van der Waals surface area contributed by atoms with Crippen molar-refractivity contribution < 1.29 is 14.3 Å². The molecule has 6 heteroatoms. The van der Waals surface area contributed by atoms with Crippen molar-refractivity contribution in [2.24, 2.45) is 0 Å². The fourth-order valence-corrected chi connectivity index (χ4v) is 2.89. The van der Waals surface area contributed by atoms with Crippen LogP contribution in [-0.4, -0.2) is 31.3 Å². The third kappa shape index (κ3) is 4.91. The minimum absolute atomic E-state index is 0. The van der Waals surface area contributed by atoms with E-state index in [2.05, 4.69) is 28.8 Å². The molecule has 1 amide bonds. The van der Waals surface area contributed by atoms with Gasteiger partial charge < -0.3 is 20.1 Å². The maximum absolute atomic E-state index is 12.1. The van der Waals surface area contributed by atoms with Gasteiger partial charge >= 0.3 is 0 Å². The Bertz CT molecular complexity index is 533. The van der Waals surface area contributed by atoms with Gasteiger partial charge in [-0.3, -0.25) is 4.79 Å². The molecule has 128 valence electrons. The predicted molar refractivity (Wildman–Crippen MR) is 90.5 cm³/mol. The smallest absolute Gasteiger partial charge is 0.249 e. The molecule has 1 aromatic carbocycles. The number of halogens is 1. The topological polar surface area (TPSA) is 59.6 Å². The zero-order valence-corrected chi connectivity index (χ0v) is 14.3. The lowest BCUT2D eigenvalue weighted by molar-refractivity contribution is -0.133. The van der Waals surface area contributed by atoms with Gasteiger partial charge in [-0.1, -0.05) is 18.2 Å². The average Bonchev–Trinajstić information content (AvgIpc) is 3.20. The fourth-order valence-electron chi connectivity index (χ4n) is 2.89. The number of carbonyl (C=O) groups excluding carboxylic acids is 1. The first-order chi connectivity index (χ1) is 10.7. The average molecular weight is 341 g/mol. The van der Waals surface area contributed by atoms with Crippen LogP contribution in [0.2, 0.25) is 0 Å². The van der Waals surface area contributed by atoms with Gasteiger partial charge in [-0.2, -0.15) is 0 Å². The van der Waals surface area contributed by atoms with E-state index in [1.165, 1.54) is 11.1 Å². The molecule has 2 aliphatic rings. The van der Waals surface area contributed by atoms with Crippen molar-refractivity contribution >= 4 is 18.3 Å². The summed E-state index contributed by atoms with van der Waals surface area (Å²) in [5.74, 6) is -0.0726. The summed E-state index contributed by atoms with van der Waals surface area (Å²) in [7, 11) is 0. The van der Waals surface area contributed by atoms with Gasteiger partial charge in [0.25, 0.3) is 0 Å². The number of benzene rings is 1. The first-order valence-corrected chi connectivity index (χ1v) is 8.04. The predicted octanol–water partition coefficient (Wildman–Crippen LogP) is 1.91. The summed E-state index contributed by atoms with van der Waals surface area (Å²) < 4.78 is 11.1. The molecule has 5 nitrogen and oxygen atoms in total. The molecule has 0 spiro atoms. The number of carbonyl (C=O) groups is 1.